The van der Waals surface area contributed by atoms with Gasteiger partial charge in [-0.3, -0.25) is 0 Å². The first kappa shape index (κ1) is 25.5. The van der Waals surface area contributed by atoms with Crippen LogP contribution in [0, 0.1) is 0 Å². The maximum absolute atomic E-state index is 3.77. The Morgan fingerprint density at radius 1 is 0.423 bits per heavy atom. The Labute approximate surface area is 166 Å². The average Bonchev–Trinajstić information content (AvgIpc) is 2.66. The number of allylic oxidation sites excluding steroid dienone is 3. The first-order chi connectivity index (χ1) is 12.9. The Morgan fingerprint density at radius 2 is 0.731 bits per heavy atom. The molecule has 0 heteroatoms. The highest BCUT2D eigenvalue weighted by atomic mass is 14.0. The van der Waals surface area contributed by atoms with Gasteiger partial charge in [0.2, 0.25) is 0 Å². The molecule has 0 bridgehead atoms. The predicted octanol–water partition coefficient (Wildman–Crippen LogP) is 9.94. The van der Waals surface area contributed by atoms with E-state index in [4.69, 9.17) is 0 Å². The summed E-state index contributed by atoms with van der Waals surface area (Å²) >= 11 is 0. The van der Waals surface area contributed by atoms with Crippen molar-refractivity contribution in [2.24, 2.45) is 0 Å². The highest BCUT2D eigenvalue weighted by Crippen LogP contribution is 2.13. The fourth-order valence-corrected chi connectivity index (χ4v) is 3.60. The van der Waals surface area contributed by atoms with E-state index in [1.807, 2.05) is 6.08 Å². The van der Waals surface area contributed by atoms with Crippen molar-refractivity contribution < 1.29 is 0 Å². The van der Waals surface area contributed by atoms with Crippen LogP contribution in [-0.4, -0.2) is 0 Å². The van der Waals surface area contributed by atoms with E-state index in [0.29, 0.717) is 0 Å². The Balaban J connectivity index is 3.04. The fourth-order valence-electron chi connectivity index (χ4n) is 3.60. The summed E-state index contributed by atoms with van der Waals surface area (Å²) in [6, 6.07) is 0. The van der Waals surface area contributed by atoms with Gasteiger partial charge in [-0.1, -0.05) is 121 Å². The van der Waals surface area contributed by atoms with Gasteiger partial charge in [0, 0.05) is 0 Å². The first-order valence-electron chi connectivity index (χ1n) is 12.2. The van der Waals surface area contributed by atoms with Gasteiger partial charge in [0.1, 0.15) is 0 Å². The third kappa shape index (κ3) is 23.5. The van der Waals surface area contributed by atoms with Crippen molar-refractivity contribution in [1.29, 1.82) is 0 Å². The van der Waals surface area contributed by atoms with Gasteiger partial charge in [-0.15, -0.1) is 6.58 Å². The van der Waals surface area contributed by atoms with Crippen molar-refractivity contribution in [2.45, 2.75) is 142 Å². The SMILES string of the molecule is C=CCCCCCCC=CCCCCCCCCCCCCCCCC. The zero-order chi connectivity index (χ0) is 19.0. The molecule has 0 aliphatic rings. The zero-order valence-electron chi connectivity index (χ0n) is 18.3. The second-order valence-corrected chi connectivity index (χ2v) is 8.14. The van der Waals surface area contributed by atoms with Gasteiger partial charge in [0.05, 0.1) is 0 Å². The molecule has 0 saturated carbocycles. The molecule has 26 heavy (non-hydrogen) atoms. The van der Waals surface area contributed by atoms with Crippen LogP contribution in [0.25, 0.3) is 0 Å². The van der Waals surface area contributed by atoms with E-state index in [-0.39, 0.29) is 0 Å². The number of unbranched alkanes of at least 4 members (excludes halogenated alkanes) is 19. The summed E-state index contributed by atoms with van der Waals surface area (Å²) < 4.78 is 0. The topological polar surface area (TPSA) is 0 Å². The summed E-state index contributed by atoms with van der Waals surface area (Å²) in [6.07, 6.45) is 36.4. The lowest BCUT2D eigenvalue weighted by molar-refractivity contribution is 0.536. The van der Waals surface area contributed by atoms with Crippen LogP contribution < -0.4 is 0 Å². The van der Waals surface area contributed by atoms with Crippen LogP contribution in [0.2, 0.25) is 0 Å². The molecule has 0 unspecified atom stereocenters. The summed E-state index contributed by atoms with van der Waals surface area (Å²) in [5.41, 5.74) is 0. The largest absolute Gasteiger partial charge is 0.103 e. The summed E-state index contributed by atoms with van der Waals surface area (Å²) in [5.74, 6) is 0. The molecule has 154 valence electrons. The van der Waals surface area contributed by atoms with Gasteiger partial charge >= 0.3 is 0 Å². The minimum atomic E-state index is 1.19. The van der Waals surface area contributed by atoms with Crippen molar-refractivity contribution in [1.82, 2.24) is 0 Å². The van der Waals surface area contributed by atoms with Crippen LogP contribution >= 0.6 is 0 Å². The molecule has 0 rings (SSSR count). The van der Waals surface area contributed by atoms with Crippen molar-refractivity contribution in [3.63, 3.8) is 0 Å². The average molecular weight is 363 g/mol. The van der Waals surface area contributed by atoms with Gasteiger partial charge in [0.15, 0.2) is 0 Å². The predicted molar refractivity (Wildman–Crippen MR) is 122 cm³/mol. The quantitative estimate of drug-likeness (QED) is 0.133. The summed E-state index contributed by atoms with van der Waals surface area (Å²) in [5, 5.41) is 0. The molecule has 0 radical (unpaired) electrons. The molecular formula is C26H50. The fraction of sp³-hybridized carbons (Fsp3) is 0.846. The lowest BCUT2D eigenvalue weighted by Gasteiger charge is -2.02. The number of hydrogen-bond donors (Lipinski definition) is 0. The zero-order valence-corrected chi connectivity index (χ0v) is 18.3. The summed E-state index contributed by atoms with van der Waals surface area (Å²) in [7, 11) is 0. The highest BCUT2D eigenvalue weighted by Gasteiger charge is 1.94. The molecule has 0 saturated heterocycles. The molecule has 0 spiro atoms. The van der Waals surface area contributed by atoms with Crippen molar-refractivity contribution in [3.8, 4) is 0 Å². The molecule has 0 heterocycles. The van der Waals surface area contributed by atoms with Crippen LogP contribution in [0.15, 0.2) is 24.8 Å². The molecule has 0 aliphatic carbocycles. The van der Waals surface area contributed by atoms with E-state index in [1.54, 1.807) is 0 Å². The Kier molecular flexibility index (Phi) is 24.0. The summed E-state index contributed by atoms with van der Waals surface area (Å²) in [4.78, 5) is 0. The highest BCUT2D eigenvalue weighted by molar-refractivity contribution is 4.81. The third-order valence-corrected chi connectivity index (χ3v) is 5.42. The van der Waals surface area contributed by atoms with Crippen LogP contribution in [0.5, 0.6) is 0 Å². The minimum Gasteiger partial charge on any atom is -0.103 e. The van der Waals surface area contributed by atoms with Crippen LogP contribution in [0.3, 0.4) is 0 Å². The van der Waals surface area contributed by atoms with Crippen LogP contribution in [-0.2, 0) is 0 Å². The molecule has 0 aliphatic heterocycles. The van der Waals surface area contributed by atoms with E-state index in [1.165, 1.54) is 135 Å². The second kappa shape index (κ2) is 24.5. The number of rotatable bonds is 22. The van der Waals surface area contributed by atoms with Crippen LogP contribution in [0.1, 0.15) is 142 Å². The lowest BCUT2D eigenvalue weighted by Crippen LogP contribution is -1.83. The third-order valence-electron chi connectivity index (χ3n) is 5.42. The Hall–Kier alpha value is -0.520. The molecule has 0 fully saturated rings. The number of hydrogen-bond acceptors (Lipinski definition) is 0. The standard InChI is InChI=1S/C26H50/c1-3-5-7-9-11-13-15-17-19-21-23-25-26-24-22-20-18-16-14-12-10-8-6-4-2/h3,17,19H,1,4-16,18,20-26H2,2H3. The molecule has 0 amide bonds. The van der Waals surface area contributed by atoms with E-state index < -0.39 is 0 Å². The summed E-state index contributed by atoms with van der Waals surface area (Å²) in [6.45, 7) is 6.07. The van der Waals surface area contributed by atoms with Gasteiger partial charge < -0.3 is 0 Å². The Morgan fingerprint density at radius 3 is 1.08 bits per heavy atom. The van der Waals surface area contributed by atoms with Crippen LogP contribution in [0.4, 0.5) is 0 Å². The molecule has 0 atom stereocenters. The first-order valence-corrected chi connectivity index (χ1v) is 12.2. The lowest BCUT2D eigenvalue weighted by atomic mass is 10.0. The van der Waals surface area contributed by atoms with E-state index in [0.717, 1.165) is 0 Å². The van der Waals surface area contributed by atoms with E-state index >= 15 is 0 Å². The molecule has 0 aromatic heterocycles. The monoisotopic (exact) mass is 362 g/mol. The molecule has 0 nitrogen and oxygen atoms in total. The van der Waals surface area contributed by atoms with E-state index in [9.17, 15) is 0 Å². The molecule has 0 aromatic rings. The van der Waals surface area contributed by atoms with Crippen molar-refractivity contribution in [2.75, 3.05) is 0 Å². The maximum Gasteiger partial charge on any atom is -0.0351 e. The molecule has 0 aromatic carbocycles. The van der Waals surface area contributed by atoms with E-state index in [2.05, 4.69) is 25.7 Å². The van der Waals surface area contributed by atoms with Crippen molar-refractivity contribution in [3.05, 3.63) is 24.8 Å². The molecular weight excluding hydrogens is 312 g/mol. The normalized spacial score (nSPS) is 11.4. The van der Waals surface area contributed by atoms with Gasteiger partial charge in [-0.2, -0.15) is 0 Å². The molecule has 0 N–H and O–H groups in total. The smallest absolute Gasteiger partial charge is 0.0351 e. The van der Waals surface area contributed by atoms with Gasteiger partial charge in [0.25, 0.3) is 0 Å². The Bertz CT molecular complexity index is 276. The maximum atomic E-state index is 3.77. The van der Waals surface area contributed by atoms with Crippen molar-refractivity contribution >= 4 is 0 Å². The van der Waals surface area contributed by atoms with Gasteiger partial charge in [-0.05, 0) is 38.5 Å². The van der Waals surface area contributed by atoms with Gasteiger partial charge in [-0.25, -0.2) is 0 Å². The minimum absolute atomic E-state index is 1.19. The second-order valence-electron chi connectivity index (χ2n) is 8.14.